The average molecular weight is 227 g/mol. The smallest absolute Gasteiger partial charge is 0.328 e. The van der Waals surface area contributed by atoms with Crippen molar-refractivity contribution in [3.8, 4) is 0 Å². The Labute approximate surface area is 96.0 Å². The van der Waals surface area contributed by atoms with Gasteiger partial charge < -0.3 is 10.1 Å². The molecule has 0 fully saturated rings. The number of imidazole rings is 1. The Kier molecular flexibility index (Phi) is 5.28. The number of nitrogens with zero attached hydrogens (tertiary/aromatic N) is 2. The van der Waals surface area contributed by atoms with Gasteiger partial charge in [-0.25, -0.2) is 4.79 Å². The van der Waals surface area contributed by atoms with Crippen molar-refractivity contribution >= 4 is 0 Å². The van der Waals surface area contributed by atoms with Gasteiger partial charge in [-0.2, -0.15) is 0 Å². The van der Waals surface area contributed by atoms with Gasteiger partial charge in [-0.3, -0.25) is 9.13 Å². The number of rotatable bonds is 7. The topological polar surface area (TPSA) is 48.2 Å². The number of aromatic nitrogens is 2. The fraction of sp³-hybridized carbons (Fsp3) is 0.727. The maximum atomic E-state index is 11.8. The monoisotopic (exact) mass is 227 g/mol. The molecule has 0 atom stereocenters. The molecule has 0 aromatic carbocycles. The number of methoxy groups -OCH3 is 1. The van der Waals surface area contributed by atoms with Crippen LogP contribution in [0.1, 0.15) is 19.9 Å². The van der Waals surface area contributed by atoms with Gasteiger partial charge in [0.25, 0.3) is 0 Å². The molecule has 16 heavy (non-hydrogen) atoms. The molecule has 0 aliphatic rings. The average Bonchev–Trinajstić information content (AvgIpc) is 2.60. The summed E-state index contributed by atoms with van der Waals surface area (Å²) in [5, 5.41) is 3.21. The van der Waals surface area contributed by atoms with E-state index < -0.39 is 0 Å². The van der Waals surface area contributed by atoms with Crippen molar-refractivity contribution < 1.29 is 4.74 Å². The molecule has 0 bridgehead atoms. The second-order valence-electron chi connectivity index (χ2n) is 4.02. The molecule has 1 heterocycles. The Morgan fingerprint density at radius 3 is 2.69 bits per heavy atom. The van der Waals surface area contributed by atoms with Crippen LogP contribution in [-0.4, -0.2) is 35.9 Å². The molecule has 0 spiro atoms. The van der Waals surface area contributed by atoms with Crippen LogP contribution in [0.2, 0.25) is 0 Å². The van der Waals surface area contributed by atoms with Gasteiger partial charge >= 0.3 is 5.69 Å². The van der Waals surface area contributed by atoms with Crippen LogP contribution in [0.25, 0.3) is 0 Å². The minimum absolute atomic E-state index is 0.0588. The molecule has 1 aromatic heterocycles. The normalized spacial score (nSPS) is 11.2. The highest BCUT2D eigenvalue weighted by molar-refractivity contribution is 4.83. The van der Waals surface area contributed by atoms with Crippen molar-refractivity contribution in [3.63, 3.8) is 0 Å². The van der Waals surface area contributed by atoms with Gasteiger partial charge in [0.15, 0.2) is 0 Å². The fourth-order valence-corrected chi connectivity index (χ4v) is 1.49. The fourth-order valence-electron chi connectivity index (χ4n) is 1.49. The molecule has 0 aliphatic carbocycles. The van der Waals surface area contributed by atoms with Crippen molar-refractivity contribution in [1.29, 1.82) is 0 Å². The van der Waals surface area contributed by atoms with Crippen molar-refractivity contribution in [3.05, 3.63) is 22.9 Å². The van der Waals surface area contributed by atoms with E-state index in [0.29, 0.717) is 13.2 Å². The van der Waals surface area contributed by atoms with E-state index in [1.807, 2.05) is 26.2 Å². The molecule has 0 saturated carbocycles. The van der Waals surface area contributed by atoms with Crippen LogP contribution < -0.4 is 11.0 Å². The molecule has 5 heteroatoms. The van der Waals surface area contributed by atoms with Gasteiger partial charge in [-0.1, -0.05) is 0 Å². The first-order valence-electron chi connectivity index (χ1n) is 5.63. The lowest BCUT2D eigenvalue weighted by atomic mass is 10.4. The number of nitrogens with one attached hydrogen (secondary N) is 1. The van der Waals surface area contributed by atoms with Gasteiger partial charge in [0.2, 0.25) is 0 Å². The van der Waals surface area contributed by atoms with Crippen LogP contribution in [0.3, 0.4) is 0 Å². The van der Waals surface area contributed by atoms with Crippen LogP contribution in [0.15, 0.2) is 17.2 Å². The standard InChI is InChI=1S/C11H21N3O2/c1-10(2)14-8-7-13(11(14)15)6-4-12-5-9-16-3/h7-8,10,12H,4-6,9H2,1-3H3. The minimum Gasteiger partial charge on any atom is -0.383 e. The van der Waals surface area contributed by atoms with Gasteiger partial charge in [-0.15, -0.1) is 0 Å². The molecular formula is C11H21N3O2. The maximum Gasteiger partial charge on any atom is 0.328 e. The zero-order valence-electron chi connectivity index (χ0n) is 10.3. The first-order chi connectivity index (χ1) is 7.66. The Morgan fingerprint density at radius 2 is 2.12 bits per heavy atom. The van der Waals surface area contributed by atoms with Gasteiger partial charge in [-0.05, 0) is 13.8 Å². The highest BCUT2D eigenvalue weighted by Crippen LogP contribution is 1.98. The predicted molar refractivity (Wildman–Crippen MR) is 63.8 cm³/mol. The zero-order valence-corrected chi connectivity index (χ0v) is 10.3. The molecule has 0 saturated heterocycles. The first-order valence-corrected chi connectivity index (χ1v) is 5.63. The zero-order chi connectivity index (χ0) is 12.0. The van der Waals surface area contributed by atoms with E-state index in [1.165, 1.54) is 0 Å². The van der Waals surface area contributed by atoms with Crippen LogP contribution >= 0.6 is 0 Å². The van der Waals surface area contributed by atoms with E-state index >= 15 is 0 Å². The second-order valence-corrected chi connectivity index (χ2v) is 4.02. The second kappa shape index (κ2) is 6.50. The third kappa shape index (κ3) is 3.50. The van der Waals surface area contributed by atoms with E-state index in [2.05, 4.69) is 5.32 Å². The summed E-state index contributed by atoms with van der Waals surface area (Å²) in [6.07, 6.45) is 3.67. The Bertz CT molecular complexity index is 354. The van der Waals surface area contributed by atoms with Gasteiger partial charge in [0.1, 0.15) is 0 Å². The highest BCUT2D eigenvalue weighted by Gasteiger charge is 2.04. The van der Waals surface area contributed by atoms with Crippen LogP contribution in [-0.2, 0) is 11.3 Å². The molecule has 0 radical (unpaired) electrons. The maximum absolute atomic E-state index is 11.8. The Balaban J connectivity index is 2.40. The van der Waals surface area contributed by atoms with E-state index in [4.69, 9.17) is 4.74 Å². The predicted octanol–water partition coefficient (Wildman–Crippen LogP) is 0.467. The van der Waals surface area contributed by atoms with Gasteiger partial charge in [0.05, 0.1) is 6.61 Å². The number of ether oxygens (including phenoxy) is 1. The lowest BCUT2D eigenvalue weighted by Crippen LogP contribution is -2.30. The van der Waals surface area contributed by atoms with Gasteiger partial charge in [0, 0.05) is 45.2 Å². The molecule has 1 N–H and O–H groups in total. The van der Waals surface area contributed by atoms with E-state index in [1.54, 1.807) is 16.2 Å². The SMILES string of the molecule is COCCNCCn1ccn(C(C)C)c1=O. The Morgan fingerprint density at radius 1 is 1.38 bits per heavy atom. The largest absolute Gasteiger partial charge is 0.383 e. The third-order valence-corrected chi connectivity index (χ3v) is 2.44. The summed E-state index contributed by atoms with van der Waals surface area (Å²) in [6.45, 7) is 7.00. The van der Waals surface area contributed by atoms with Crippen molar-refractivity contribution in [1.82, 2.24) is 14.5 Å². The molecule has 1 aromatic rings. The molecular weight excluding hydrogens is 206 g/mol. The minimum atomic E-state index is 0.0588. The number of hydrogen-bond donors (Lipinski definition) is 1. The van der Waals surface area contributed by atoms with E-state index in [0.717, 1.165) is 13.1 Å². The summed E-state index contributed by atoms with van der Waals surface area (Å²) >= 11 is 0. The van der Waals surface area contributed by atoms with Crippen LogP contribution in [0.5, 0.6) is 0 Å². The highest BCUT2D eigenvalue weighted by atomic mass is 16.5. The molecule has 1 rings (SSSR count). The lowest BCUT2D eigenvalue weighted by Gasteiger charge is -2.06. The summed E-state index contributed by atoms with van der Waals surface area (Å²) in [5.41, 5.74) is 0.0588. The Hall–Kier alpha value is -1.07. The van der Waals surface area contributed by atoms with Crippen molar-refractivity contribution in [2.75, 3.05) is 26.8 Å². The lowest BCUT2D eigenvalue weighted by molar-refractivity contribution is 0.199. The molecule has 5 nitrogen and oxygen atoms in total. The molecule has 92 valence electrons. The van der Waals surface area contributed by atoms with E-state index in [-0.39, 0.29) is 11.7 Å². The number of hydrogen-bond acceptors (Lipinski definition) is 3. The van der Waals surface area contributed by atoms with Crippen molar-refractivity contribution in [2.24, 2.45) is 0 Å². The molecule has 0 unspecified atom stereocenters. The van der Waals surface area contributed by atoms with Crippen molar-refractivity contribution in [2.45, 2.75) is 26.4 Å². The summed E-state index contributed by atoms with van der Waals surface area (Å²) in [7, 11) is 1.68. The van der Waals surface area contributed by atoms with Crippen LogP contribution in [0.4, 0.5) is 0 Å². The van der Waals surface area contributed by atoms with Crippen LogP contribution in [0, 0.1) is 0 Å². The van der Waals surface area contributed by atoms with E-state index in [9.17, 15) is 4.79 Å². The summed E-state index contributed by atoms with van der Waals surface area (Å²) in [5.74, 6) is 0. The summed E-state index contributed by atoms with van der Waals surface area (Å²) in [6, 6.07) is 0.218. The third-order valence-electron chi connectivity index (χ3n) is 2.44. The molecule has 0 amide bonds. The summed E-state index contributed by atoms with van der Waals surface area (Å²) < 4.78 is 8.37. The quantitative estimate of drug-likeness (QED) is 0.689. The molecule has 0 aliphatic heterocycles. The first kappa shape index (κ1) is 13.0. The summed E-state index contributed by atoms with van der Waals surface area (Å²) in [4.78, 5) is 11.8.